The maximum absolute atomic E-state index is 13.0. The van der Waals surface area contributed by atoms with Crippen molar-refractivity contribution >= 4 is 28.9 Å². The molecule has 3 aromatic rings. The second-order valence-corrected chi connectivity index (χ2v) is 8.21. The molecule has 1 aliphatic rings. The van der Waals surface area contributed by atoms with Gasteiger partial charge >= 0.3 is 12.5 Å². The number of nitrogens with zero attached hydrogens (tertiary/aromatic N) is 1. The lowest BCUT2D eigenvalue weighted by molar-refractivity contribution is -0.253. The zero-order valence-electron chi connectivity index (χ0n) is 16.5. The number of hydrogen-bond donors (Lipinski definition) is 0. The van der Waals surface area contributed by atoms with Crippen LogP contribution in [-0.2, 0) is 0 Å². The molecule has 0 spiro atoms. The van der Waals surface area contributed by atoms with Crippen LogP contribution in [0.2, 0.25) is 10.0 Å². The molecule has 1 atom stereocenters. The third-order valence-electron chi connectivity index (χ3n) is 5.20. The highest BCUT2D eigenvalue weighted by Gasteiger charge is 2.43. The summed E-state index contributed by atoms with van der Waals surface area (Å²) in [6.45, 7) is 0. The summed E-state index contributed by atoms with van der Waals surface area (Å²) in [5.41, 5.74) is 4.47. The summed E-state index contributed by atoms with van der Waals surface area (Å²) >= 11 is 12.3. The summed E-state index contributed by atoms with van der Waals surface area (Å²) < 4.78 is 54.7. The third-order valence-corrected chi connectivity index (χ3v) is 5.75. The van der Waals surface area contributed by atoms with E-state index in [4.69, 9.17) is 28.2 Å². The monoisotopic (exact) mass is 481 g/mol. The van der Waals surface area contributed by atoms with Crippen LogP contribution in [0.25, 0.3) is 11.1 Å². The number of aliphatic imine (C=N–C) groups is 1. The summed E-state index contributed by atoms with van der Waals surface area (Å²) in [5.74, 6) is -0.329. The standard InChI is InChI=1S/C24H17Cl2F4NO/c25-17-7-10-19(20(26)13-17)22-12-11-21(31-22)16-3-1-14(2-4-16)15-5-8-18(9-6-15)32-24(29,30)23(27)28/h1-10,13,21,23H,11-12H2. The van der Waals surface area contributed by atoms with Crippen molar-refractivity contribution in [2.45, 2.75) is 31.4 Å². The minimum atomic E-state index is -4.53. The third kappa shape index (κ3) is 4.92. The molecular weight excluding hydrogens is 465 g/mol. The van der Waals surface area contributed by atoms with E-state index in [1.54, 1.807) is 24.3 Å². The lowest BCUT2D eigenvalue weighted by Gasteiger charge is -2.17. The lowest BCUT2D eigenvalue weighted by atomic mass is 9.99. The predicted octanol–water partition coefficient (Wildman–Crippen LogP) is 8.22. The van der Waals surface area contributed by atoms with E-state index in [1.165, 1.54) is 12.1 Å². The van der Waals surface area contributed by atoms with E-state index in [-0.39, 0.29) is 11.8 Å². The summed E-state index contributed by atoms with van der Waals surface area (Å²) in [6, 6.07) is 18.7. The van der Waals surface area contributed by atoms with Crippen molar-refractivity contribution in [3.8, 4) is 16.9 Å². The van der Waals surface area contributed by atoms with Crippen LogP contribution in [-0.4, -0.2) is 18.2 Å². The number of halogens is 6. The molecule has 0 bridgehead atoms. The van der Waals surface area contributed by atoms with Crippen LogP contribution in [0, 0.1) is 0 Å². The van der Waals surface area contributed by atoms with Crippen molar-refractivity contribution in [3.63, 3.8) is 0 Å². The first-order valence-corrected chi connectivity index (χ1v) is 10.6. The molecular formula is C24H17Cl2F4NO. The van der Waals surface area contributed by atoms with Gasteiger partial charge in [-0.15, -0.1) is 0 Å². The van der Waals surface area contributed by atoms with Crippen LogP contribution in [0.1, 0.15) is 30.0 Å². The van der Waals surface area contributed by atoms with Crippen LogP contribution in [0.5, 0.6) is 5.75 Å². The van der Waals surface area contributed by atoms with Gasteiger partial charge in [0.1, 0.15) is 5.75 Å². The van der Waals surface area contributed by atoms with Crippen LogP contribution < -0.4 is 4.74 Å². The minimum Gasteiger partial charge on any atom is -0.428 e. The zero-order valence-corrected chi connectivity index (χ0v) is 18.1. The molecule has 0 saturated heterocycles. The fourth-order valence-electron chi connectivity index (χ4n) is 3.57. The first-order chi connectivity index (χ1) is 15.2. The molecule has 2 nitrogen and oxygen atoms in total. The van der Waals surface area contributed by atoms with Gasteiger partial charge < -0.3 is 4.74 Å². The molecule has 4 rings (SSSR count). The fourth-order valence-corrected chi connectivity index (χ4v) is 4.09. The quantitative estimate of drug-likeness (QED) is 0.325. The van der Waals surface area contributed by atoms with Gasteiger partial charge in [-0.25, -0.2) is 0 Å². The van der Waals surface area contributed by atoms with Crippen molar-refractivity contribution < 1.29 is 22.3 Å². The number of ether oxygens (including phenoxy) is 1. The van der Waals surface area contributed by atoms with Crippen LogP contribution in [0.3, 0.4) is 0 Å². The van der Waals surface area contributed by atoms with E-state index in [0.717, 1.165) is 40.8 Å². The maximum Gasteiger partial charge on any atom is 0.461 e. The van der Waals surface area contributed by atoms with E-state index in [1.807, 2.05) is 30.3 Å². The second-order valence-electron chi connectivity index (χ2n) is 7.37. The van der Waals surface area contributed by atoms with Crippen molar-refractivity contribution in [3.05, 3.63) is 87.9 Å². The molecule has 1 heterocycles. The van der Waals surface area contributed by atoms with E-state index in [2.05, 4.69) is 4.74 Å². The Morgan fingerprint density at radius 2 is 1.53 bits per heavy atom. The molecule has 3 aromatic carbocycles. The average molecular weight is 482 g/mol. The Balaban J connectivity index is 1.47. The number of hydrogen-bond acceptors (Lipinski definition) is 2. The van der Waals surface area contributed by atoms with Crippen LogP contribution in [0.15, 0.2) is 71.7 Å². The van der Waals surface area contributed by atoms with Crippen molar-refractivity contribution in [1.29, 1.82) is 0 Å². The molecule has 0 aromatic heterocycles. The van der Waals surface area contributed by atoms with Gasteiger partial charge in [0, 0.05) is 16.3 Å². The molecule has 0 aliphatic carbocycles. The van der Waals surface area contributed by atoms with E-state index in [0.29, 0.717) is 10.0 Å². The Labute approximate surface area is 192 Å². The first-order valence-electron chi connectivity index (χ1n) is 9.80. The van der Waals surface area contributed by atoms with Gasteiger partial charge in [0.15, 0.2) is 0 Å². The summed E-state index contributed by atoms with van der Waals surface area (Å²) in [6.07, 6.45) is -6.76. The molecule has 0 radical (unpaired) electrons. The Kier molecular flexibility index (Phi) is 6.45. The molecule has 1 unspecified atom stereocenters. The van der Waals surface area contributed by atoms with Gasteiger partial charge in [-0.3, -0.25) is 4.99 Å². The van der Waals surface area contributed by atoms with Gasteiger partial charge in [0.05, 0.1) is 11.1 Å². The minimum absolute atomic E-state index is 0.0122. The topological polar surface area (TPSA) is 21.6 Å². The fraction of sp³-hybridized carbons (Fsp3) is 0.208. The van der Waals surface area contributed by atoms with E-state index < -0.39 is 12.5 Å². The van der Waals surface area contributed by atoms with Gasteiger partial charge in [0.25, 0.3) is 0 Å². The second kappa shape index (κ2) is 9.12. The SMILES string of the molecule is FC(F)C(F)(F)Oc1ccc(-c2ccc(C3CCC(c4ccc(Cl)cc4Cl)=N3)cc2)cc1. The van der Waals surface area contributed by atoms with Gasteiger partial charge in [0.2, 0.25) is 0 Å². The molecule has 0 amide bonds. The van der Waals surface area contributed by atoms with Gasteiger partial charge in [-0.1, -0.05) is 65.7 Å². The summed E-state index contributed by atoms with van der Waals surface area (Å²) in [5, 5.41) is 1.15. The Morgan fingerprint density at radius 3 is 2.12 bits per heavy atom. The Hall–Kier alpha value is -2.57. The van der Waals surface area contributed by atoms with Crippen molar-refractivity contribution in [1.82, 2.24) is 0 Å². The van der Waals surface area contributed by atoms with E-state index >= 15 is 0 Å². The zero-order chi connectivity index (χ0) is 22.9. The molecule has 8 heteroatoms. The van der Waals surface area contributed by atoms with Gasteiger partial charge in [-0.2, -0.15) is 17.6 Å². The largest absolute Gasteiger partial charge is 0.461 e. The van der Waals surface area contributed by atoms with Crippen molar-refractivity contribution in [2.24, 2.45) is 4.99 Å². The van der Waals surface area contributed by atoms with Gasteiger partial charge in [-0.05, 0) is 53.8 Å². The lowest BCUT2D eigenvalue weighted by Crippen LogP contribution is -2.33. The highest BCUT2D eigenvalue weighted by atomic mass is 35.5. The smallest absolute Gasteiger partial charge is 0.428 e. The predicted molar refractivity (Wildman–Crippen MR) is 118 cm³/mol. The average Bonchev–Trinajstić information content (AvgIpc) is 3.24. The Morgan fingerprint density at radius 1 is 0.906 bits per heavy atom. The van der Waals surface area contributed by atoms with E-state index in [9.17, 15) is 17.6 Å². The molecule has 0 fully saturated rings. The Bertz CT molecular complexity index is 1130. The highest BCUT2D eigenvalue weighted by molar-refractivity contribution is 6.37. The first kappa shape index (κ1) is 22.6. The summed E-state index contributed by atoms with van der Waals surface area (Å²) in [7, 11) is 0. The van der Waals surface area contributed by atoms with Crippen LogP contribution in [0.4, 0.5) is 17.6 Å². The number of alkyl halides is 4. The number of benzene rings is 3. The normalized spacial score (nSPS) is 16.3. The molecule has 1 aliphatic heterocycles. The molecule has 0 N–H and O–H groups in total. The highest BCUT2D eigenvalue weighted by Crippen LogP contribution is 2.35. The summed E-state index contributed by atoms with van der Waals surface area (Å²) in [4.78, 5) is 4.82. The number of rotatable bonds is 6. The molecule has 0 saturated carbocycles. The maximum atomic E-state index is 13.0. The van der Waals surface area contributed by atoms with Crippen molar-refractivity contribution in [2.75, 3.05) is 0 Å². The molecule has 32 heavy (non-hydrogen) atoms. The molecule has 166 valence electrons. The van der Waals surface area contributed by atoms with Crippen LogP contribution >= 0.6 is 23.2 Å².